The van der Waals surface area contributed by atoms with Gasteiger partial charge in [0.2, 0.25) is 0 Å². The van der Waals surface area contributed by atoms with Crippen molar-refractivity contribution in [3.63, 3.8) is 0 Å². The van der Waals surface area contributed by atoms with Crippen molar-refractivity contribution in [1.29, 1.82) is 0 Å². The molecule has 1 aromatic carbocycles. The molecule has 6 nitrogen and oxygen atoms in total. The first-order chi connectivity index (χ1) is 12.0. The number of amides is 1. The van der Waals surface area contributed by atoms with Crippen LogP contribution in [-0.2, 0) is 6.54 Å². The number of primary amides is 1. The number of hydrogen-bond acceptors (Lipinski definition) is 5. The van der Waals surface area contributed by atoms with Crippen molar-refractivity contribution in [3.8, 4) is 5.00 Å². The number of carbonyl (C=O) groups is 1. The maximum Gasteiger partial charge on any atom is 0.259 e. The number of aryl methyl sites for hydroxylation is 1. The van der Waals surface area contributed by atoms with E-state index < -0.39 is 5.91 Å². The zero-order chi connectivity index (χ0) is 17.7. The lowest BCUT2D eigenvalue weighted by molar-refractivity contribution is 0.100. The van der Waals surface area contributed by atoms with Gasteiger partial charge < -0.3 is 5.73 Å². The van der Waals surface area contributed by atoms with E-state index in [-0.39, 0.29) is 0 Å². The van der Waals surface area contributed by atoms with E-state index in [1.54, 1.807) is 0 Å². The highest BCUT2D eigenvalue weighted by atomic mass is 35.5. The minimum Gasteiger partial charge on any atom is -0.365 e. The van der Waals surface area contributed by atoms with Crippen molar-refractivity contribution in [2.24, 2.45) is 10.7 Å². The van der Waals surface area contributed by atoms with Crippen molar-refractivity contribution in [2.45, 2.75) is 20.4 Å². The fourth-order valence-corrected chi connectivity index (χ4v) is 4.37. The van der Waals surface area contributed by atoms with Crippen LogP contribution < -0.4 is 5.73 Å². The smallest absolute Gasteiger partial charge is 0.259 e. The van der Waals surface area contributed by atoms with E-state index in [0.717, 1.165) is 39.1 Å². The molecule has 1 amide bonds. The van der Waals surface area contributed by atoms with Crippen LogP contribution in [0.2, 0.25) is 5.02 Å². The summed E-state index contributed by atoms with van der Waals surface area (Å²) < 4.78 is 1.95. The largest absolute Gasteiger partial charge is 0.365 e. The van der Waals surface area contributed by atoms with Crippen LogP contribution in [0.1, 0.15) is 38.0 Å². The summed E-state index contributed by atoms with van der Waals surface area (Å²) in [6.45, 7) is 4.18. The first-order valence-electron chi connectivity index (χ1n) is 7.62. The van der Waals surface area contributed by atoms with E-state index in [1.807, 2.05) is 42.7 Å². The molecule has 0 saturated heterocycles. The molecule has 0 fully saturated rings. The second kappa shape index (κ2) is 5.79. The van der Waals surface area contributed by atoms with Crippen molar-refractivity contribution in [3.05, 3.63) is 62.5 Å². The van der Waals surface area contributed by atoms with Gasteiger partial charge in [-0.05, 0) is 31.5 Å². The molecule has 0 unspecified atom stereocenters. The maximum atomic E-state index is 11.9. The van der Waals surface area contributed by atoms with E-state index in [9.17, 15) is 4.79 Å². The van der Waals surface area contributed by atoms with Gasteiger partial charge in [0.25, 0.3) is 5.91 Å². The van der Waals surface area contributed by atoms with Crippen LogP contribution in [0.25, 0.3) is 5.00 Å². The van der Waals surface area contributed by atoms with Crippen LogP contribution in [0.15, 0.2) is 29.3 Å². The molecule has 3 heterocycles. The number of nitrogens with zero attached hydrogens (tertiary/aromatic N) is 4. The Bertz CT molecular complexity index is 1030. The van der Waals surface area contributed by atoms with E-state index >= 15 is 0 Å². The number of nitrogens with two attached hydrogens (primary N) is 1. The van der Waals surface area contributed by atoms with Gasteiger partial charge in [-0.15, -0.1) is 21.5 Å². The SMILES string of the molecule is Cc1c(C(N)=O)sc2c1C(c1ccc(Cl)cc1)=NCc1nnc(C)n1-2. The van der Waals surface area contributed by atoms with Crippen LogP contribution in [0.3, 0.4) is 0 Å². The van der Waals surface area contributed by atoms with Crippen molar-refractivity contribution in [1.82, 2.24) is 14.8 Å². The monoisotopic (exact) mass is 371 g/mol. The first-order valence-corrected chi connectivity index (χ1v) is 8.82. The van der Waals surface area contributed by atoms with E-state index in [1.165, 1.54) is 11.3 Å². The van der Waals surface area contributed by atoms with Gasteiger partial charge in [0.05, 0.1) is 10.6 Å². The Hall–Kier alpha value is -2.51. The van der Waals surface area contributed by atoms with Gasteiger partial charge in [-0.25, -0.2) is 0 Å². The molecule has 4 rings (SSSR count). The molecule has 25 heavy (non-hydrogen) atoms. The normalized spacial score (nSPS) is 13.0. The fourth-order valence-electron chi connectivity index (χ4n) is 3.01. The molecule has 0 bridgehead atoms. The van der Waals surface area contributed by atoms with Gasteiger partial charge >= 0.3 is 0 Å². The summed E-state index contributed by atoms with van der Waals surface area (Å²) in [6.07, 6.45) is 0. The summed E-state index contributed by atoms with van der Waals surface area (Å²) in [5.74, 6) is 1.04. The van der Waals surface area contributed by atoms with Crippen LogP contribution in [0.4, 0.5) is 0 Å². The highest BCUT2D eigenvalue weighted by Crippen LogP contribution is 2.36. The zero-order valence-corrected chi connectivity index (χ0v) is 15.1. The number of halogens is 1. The second-order valence-electron chi connectivity index (χ2n) is 5.77. The molecular formula is C17H14ClN5OS. The lowest BCUT2D eigenvalue weighted by Crippen LogP contribution is -2.12. The predicted octanol–water partition coefficient (Wildman–Crippen LogP) is 3.05. The second-order valence-corrected chi connectivity index (χ2v) is 7.21. The Morgan fingerprint density at radius 2 is 1.96 bits per heavy atom. The zero-order valence-electron chi connectivity index (χ0n) is 13.6. The van der Waals surface area contributed by atoms with Gasteiger partial charge in [-0.3, -0.25) is 14.4 Å². The summed E-state index contributed by atoms with van der Waals surface area (Å²) >= 11 is 7.36. The summed E-state index contributed by atoms with van der Waals surface area (Å²) in [4.78, 5) is 17.2. The lowest BCUT2D eigenvalue weighted by atomic mass is 9.99. The molecule has 2 N–H and O–H groups in total. The highest BCUT2D eigenvalue weighted by Gasteiger charge is 2.28. The number of thiophene rings is 1. The van der Waals surface area contributed by atoms with Gasteiger partial charge in [-0.2, -0.15) is 0 Å². The Kier molecular flexibility index (Phi) is 3.70. The molecule has 0 radical (unpaired) electrons. The number of hydrogen-bond donors (Lipinski definition) is 1. The van der Waals surface area contributed by atoms with E-state index in [4.69, 9.17) is 22.3 Å². The number of benzene rings is 1. The molecule has 8 heteroatoms. The minimum absolute atomic E-state index is 0.408. The summed E-state index contributed by atoms with van der Waals surface area (Å²) in [7, 11) is 0. The molecule has 2 aromatic heterocycles. The quantitative estimate of drug-likeness (QED) is 0.751. The van der Waals surface area contributed by atoms with Gasteiger partial charge in [0.15, 0.2) is 5.82 Å². The Morgan fingerprint density at radius 3 is 2.64 bits per heavy atom. The molecule has 0 saturated carbocycles. The first kappa shape index (κ1) is 16.0. The highest BCUT2D eigenvalue weighted by molar-refractivity contribution is 7.17. The van der Waals surface area contributed by atoms with E-state index in [0.29, 0.717) is 16.4 Å². The molecule has 0 atom stereocenters. The van der Waals surface area contributed by atoms with Gasteiger partial charge in [0.1, 0.15) is 17.4 Å². The molecule has 0 spiro atoms. The summed E-state index contributed by atoms with van der Waals surface area (Å²) in [6, 6.07) is 7.49. The Labute approximate surface area is 153 Å². The summed E-state index contributed by atoms with van der Waals surface area (Å²) in [5, 5.41) is 9.89. The number of aliphatic imine (C=N–C) groups is 1. The number of rotatable bonds is 2. The van der Waals surface area contributed by atoms with Crippen LogP contribution >= 0.6 is 22.9 Å². The topological polar surface area (TPSA) is 86.2 Å². The maximum absolute atomic E-state index is 11.9. The van der Waals surface area contributed by atoms with Crippen LogP contribution in [0.5, 0.6) is 0 Å². The van der Waals surface area contributed by atoms with Gasteiger partial charge in [-0.1, -0.05) is 23.7 Å². The van der Waals surface area contributed by atoms with Crippen molar-refractivity contribution in [2.75, 3.05) is 0 Å². The summed E-state index contributed by atoms with van der Waals surface area (Å²) in [5.41, 5.74) is 9.02. The standard InChI is InChI=1S/C17H14ClN5OS/c1-8-13-14(10-3-5-11(18)6-4-10)20-7-12-22-21-9(2)23(12)17(13)25-15(8)16(19)24/h3-6H,7H2,1-2H3,(H2,19,24). The molecule has 1 aliphatic heterocycles. The minimum atomic E-state index is -0.446. The third-order valence-electron chi connectivity index (χ3n) is 4.18. The molecule has 126 valence electrons. The predicted molar refractivity (Wildman–Crippen MR) is 98.0 cm³/mol. The molecular weight excluding hydrogens is 358 g/mol. The molecule has 3 aromatic rings. The van der Waals surface area contributed by atoms with Gasteiger partial charge in [0, 0.05) is 16.1 Å². The Balaban J connectivity index is 2.03. The van der Waals surface area contributed by atoms with E-state index in [2.05, 4.69) is 10.2 Å². The van der Waals surface area contributed by atoms with Crippen molar-refractivity contribution < 1.29 is 4.79 Å². The number of aromatic nitrogens is 3. The third-order valence-corrected chi connectivity index (χ3v) is 5.72. The van der Waals surface area contributed by atoms with Crippen LogP contribution in [-0.4, -0.2) is 26.4 Å². The average Bonchev–Trinajstić information content (AvgIpc) is 3.05. The molecule has 1 aliphatic rings. The lowest BCUT2D eigenvalue weighted by Gasteiger charge is -2.09. The Morgan fingerprint density at radius 1 is 1.24 bits per heavy atom. The fraction of sp³-hybridized carbons (Fsp3) is 0.176. The van der Waals surface area contributed by atoms with Crippen LogP contribution in [0, 0.1) is 13.8 Å². The van der Waals surface area contributed by atoms with Crippen molar-refractivity contribution >= 4 is 34.6 Å². The number of carbonyl (C=O) groups excluding carboxylic acids is 1. The molecule has 0 aliphatic carbocycles. The number of fused-ring (bicyclic) bond motifs is 3. The third kappa shape index (κ3) is 2.47. The average molecular weight is 372 g/mol.